The molecule has 3 rings (SSSR count). The zero-order chi connectivity index (χ0) is 11.5. The first-order valence-electron chi connectivity index (χ1n) is 5.76. The summed E-state index contributed by atoms with van der Waals surface area (Å²) in [5.74, 6) is 0.835. The molecule has 87 valence electrons. The fourth-order valence-electron chi connectivity index (χ4n) is 2.01. The molecule has 1 N–H and O–H groups in total. The molecule has 1 saturated heterocycles. The van der Waals surface area contributed by atoms with E-state index in [-0.39, 0.29) is 0 Å². The lowest BCUT2D eigenvalue weighted by molar-refractivity contribution is 0.589. The molecule has 1 aliphatic heterocycles. The summed E-state index contributed by atoms with van der Waals surface area (Å²) in [6.07, 6.45) is 5.25. The van der Waals surface area contributed by atoms with Crippen LogP contribution < -0.4 is 10.2 Å². The molecule has 2 aromatic heterocycles. The van der Waals surface area contributed by atoms with E-state index in [9.17, 15) is 0 Å². The van der Waals surface area contributed by atoms with Crippen LogP contribution in [0.2, 0.25) is 0 Å². The van der Waals surface area contributed by atoms with Gasteiger partial charge in [-0.05, 0) is 6.07 Å². The van der Waals surface area contributed by atoms with Gasteiger partial charge in [-0.1, -0.05) is 0 Å². The predicted molar refractivity (Wildman–Crippen MR) is 65.3 cm³/mol. The van der Waals surface area contributed by atoms with Crippen LogP contribution in [0.4, 0.5) is 5.69 Å². The van der Waals surface area contributed by atoms with E-state index < -0.39 is 0 Å². The van der Waals surface area contributed by atoms with Gasteiger partial charge in [0.2, 0.25) is 0 Å². The fraction of sp³-hybridized carbons (Fsp3) is 0.333. The van der Waals surface area contributed by atoms with Crippen LogP contribution in [0.1, 0.15) is 0 Å². The number of pyridine rings is 1. The van der Waals surface area contributed by atoms with Gasteiger partial charge in [-0.3, -0.25) is 0 Å². The molecule has 0 spiro atoms. The topological polar surface area (TPSA) is 46.0 Å². The summed E-state index contributed by atoms with van der Waals surface area (Å²) in [5, 5.41) is 7.49. The molecule has 0 saturated carbocycles. The van der Waals surface area contributed by atoms with Crippen molar-refractivity contribution >= 4 is 5.69 Å². The molecule has 2 aromatic rings. The average Bonchev–Trinajstić information content (AvgIpc) is 2.94. The van der Waals surface area contributed by atoms with E-state index in [0.717, 1.165) is 32.0 Å². The van der Waals surface area contributed by atoms with Gasteiger partial charge in [0.25, 0.3) is 0 Å². The molecule has 5 heteroatoms. The third-order valence-electron chi connectivity index (χ3n) is 2.90. The zero-order valence-corrected chi connectivity index (χ0v) is 9.50. The average molecular weight is 228 g/mol. The van der Waals surface area contributed by atoms with E-state index in [1.54, 1.807) is 17.1 Å². The number of aromatic nitrogens is 3. The van der Waals surface area contributed by atoms with Crippen molar-refractivity contribution < 1.29 is 0 Å². The third kappa shape index (κ3) is 2.14. The monoisotopic (exact) mass is 228 g/mol. The standard InChI is InChI=1S/C12H14N5/c1-3-15-17(7-1)12-10-11(2-4-14-12)16-8-5-13-6-9-16/h2-4,7,10,13H,5-6,8-9H2. The van der Waals surface area contributed by atoms with Crippen LogP contribution in [-0.4, -0.2) is 40.9 Å². The van der Waals surface area contributed by atoms with Gasteiger partial charge in [-0.25, -0.2) is 9.67 Å². The Labute approximate surface area is 100 Å². The third-order valence-corrected chi connectivity index (χ3v) is 2.90. The predicted octanol–water partition coefficient (Wildman–Crippen LogP) is 0.477. The maximum absolute atomic E-state index is 4.31. The van der Waals surface area contributed by atoms with Crippen LogP contribution in [0.3, 0.4) is 0 Å². The largest absolute Gasteiger partial charge is 0.369 e. The van der Waals surface area contributed by atoms with Gasteiger partial charge in [0.05, 0.1) is 6.20 Å². The maximum Gasteiger partial charge on any atom is 0.155 e. The molecule has 0 bridgehead atoms. The second-order valence-corrected chi connectivity index (χ2v) is 3.99. The molecule has 0 aromatic carbocycles. The van der Waals surface area contributed by atoms with Crippen LogP contribution >= 0.6 is 0 Å². The second kappa shape index (κ2) is 4.55. The van der Waals surface area contributed by atoms with Crippen molar-refractivity contribution in [1.29, 1.82) is 0 Å². The quantitative estimate of drug-likeness (QED) is 0.812. The van der Waals surface area contributed by atoms with Gasteiger partial charge < -0.3 is 10.2 Å². The molecule has 0 unspecified atom stereocenters. The molecule has 1 aliphatic rings. The number of nitrogens with one attached hydrogen (secondary N) is 1. The zero-order valence-electron chi connectivity index (χ0n) is 9.50. The normalized spacial score (nSPS) is 16.1. The summed E-state index contributed by atoms with van der Waals surface area (Å²) < 4.78 is 1.73. The molecule has 5 nitrogen and oxygen atoms in total. The summed E-state index contributed by atoms with van der Waals surface area (Å²) in [7, 11) is 0. The minimum atomic E-state index is 0.835. The summed E-state index contributed by atoms with van der Waals surface area (Å²) >= 11 is 0. The molecular weight excluding hydrogens is 214 g/mol. The van der Waals surface area contributed by atoms with E-state index in [1.165, 1.54) is 5.69 Å². The van der Waals surface area contributed by atoms with Crippen LogP contribution in [0.5, 0.6) is 0 Å². The minimum Gasteiger partial charge on any atom is -0.369 e. The Kier molecular flexibility index (Phi) is 2.75. The number of hydrogen-bond donors (Lipinski definition) is 1. The highest BCUT2D eigenvalue weighted by Crippen LogP contribution is 2.16. The van der Waals surface area contributed by atoms with Crippen molar-refractivity contribution in [2.75, 3.05) is 31.1 Å². The summed E-state index contributed by atoms with van der Waals surface area (Å²) in [5.41, 5.74) is 1.20. The van der Waals surface area contributed by atoms with E-state index in [4.69, 9.17) is 0 Å². The Morgan fingerprint density at radius 1 is 1.29 bits per heavy atom. The second-order valence-electron chi connectivity index (χ2n) is 3.99. The molecule has 1 fully saturated rings. The van der Waals surface area contributed by atoms with E-state index >= 15 is 0 Å². The minimum absolute atomic E-state index is 0.835. The lowest BCUT2D eigenvalue weighted by Gasteiger charge is -2.29. The lowest BCUT2D eigenvalue weighted by atomic mass is 10.3. The SMILES string of the molecule is [c]1cnn(-c2cc(N3CCNCC3)ccn2)c1. The lowest BCUT2D eigenvalue weighted by Crippen LogP contribution is -2.43. The Morgan fingerprint density at radius 3 is 2.94 bits per heavy atom. The van der Waals surface area contributed by atoms with Crippen LogP contribution in [0, 0.1) is 6.07 Å². The Balaban J connectivity index is 1.88. The Morgan fingerprint density at radius 2 is 2.18 bits per heavy atom. The van der Waals surface area contributed by atoms with E-state index in [1.807, 2.05) is 12.3 Å². The van der Waals surface area contributed by atoms with Crippen molar-refractivity contribution in [2.24, 2.45) is 0 Å². The molecule has 0 amide bonds. The highest BCUT2D eigenvalue weighted by Gasteiger charge is 2.11. The highest BCUT2D eigenvalue weighted by molar-refractivity contribution is 5.50. The van der Waals surface area contributed by atoms with Crippen molar-refractivity contribution in [3.8, 4) is 5.82 Å². The Hall–Kier alpha value is -1.88. The molecule has 0 aliphatic carbocycles. The van der Waals surface area contributed by atoms with Crippen LogP contribution in [0.15, 0.2) is 30.7 Å². The smallest absolute Gasteiger partial charge is 0.155 e. The first-order chi connectivity index (χ1) is 8.43. The summed E-state index contributed by atoms with van der Waals surface area (Å²) in [4.78, 5) is 6.67. The van der Waals surface area contributed by atoms with Crippen LogP contribution in [-0.2, 0) is 0 Å². The molecule has 1 radical (unpaired) electrons. The van der Waals surface area contributed by atoms with E-state index in [2.05, 4.69) is 32.4 Å². The molecule has 17 heavy (non-hydrogen) atoms. The molecule has 3 heterocycles. The first kappa shape index (κ1) is 10.3. The van der Waals surface area contributed by atoms with Crippen LogP contribution in [0.25, 0.3) is 5.82 Å². The summed E-state index contributed by atoms with van der Waals surface area (Å²) in [6.45, 7) is 4.14. The molecular formula is C12H14N5. The maximum atomic E-state index is 4.31. The van der Waals surface area contributed by atoms with Crippen molar-refractivity contribution in [1.82, 2.24) is 20.1 Å². The number of nitrogens with zero attached hydrogens (tertiary/aromatic N) is 4. The van der Waals surface area contributed by atoms with Gasteiger partial charge in [-0.2, -0.15) is 5.10 Å². The number of rotatable bonds is 2. The van der Waals surface area contributed by atoms with Gasteiger partial charge in [0, 0.05) is 56.4 Å². The fourth-order valence-corrected chi connectivity index (χ4v) is 2.01. The number of hydrogen-bond acceptors (Lipinski definition) is 4. The highest BCUT2D eigenvalue weighted by atomic mass is 15.3. The van der Waals surface area contributed by atoms with Gasteiger partial charge in [-0.15, -0.1) is 0 Å². The first-order valence-corrected chi connectivity index (χ1v) is 5.76. The Bertz CT molecular complexity index is 473. The van der Waals surface area contributed by atoms with Gasteiger partial charge >= 0.3 is 0 Å². The van der Waals surface area contributed by atoms with Gasteiger partial charge in [0.1, 0.15) is 0 Å². The molecule has 0 atom stereocenters. The van der Waals surface area contributed by atoms with Crippen molar-refractivity contribution in [3.05, 3.63) is 36.8 Å². The summed E-state index contributed by atoms with van der Waals surface area (Å²) in [6, 6.07) is 7.02. The van der Waals surface area contributed by atoms with Gasteiger partial charge in [0.15, 0.2) is 5.82 Å². The number of piperazine rings is 1. The van der Waals surface area contributed by atoms with Crippen molar-refractivity contribution in [3.63, 3.8) is 0 Å². The van der Waals surface area contributed by atoms with Crippen molar-refractivity contribution in [2.45, 2.75) is 0 Å². The van der Waals surface area contributed by atoms with E-state index in [0.29, 0.717) is 0 Å². The number of anilines is 1.